The number of anilines is 1. The van der Waals surface area contributed by atoms with Gasteiger partial charge in [0.05, 0.1) is 0 Å². The molecule has 0 aliphatic rings. The summed E-state index contributed by atoms with van der Waals surface area (Å²) in [5.74, 6) is -0.253. The van der Waals surface area contributed by atoms with Crippen molar-refractivity contribution in [3.05, 3.63) is 60.7 Å². The zero-order valence-electron chi connectivity index (χ0n) is 14.9. The van der Waals surface area contributed by atoms with Crippen molar-refractivity contribution in [1.29, 1.82) is 0 Å². The Hall–Kier alpha value is -2.44. The third-order valence-electron chi connectivity index (χ3n) is 3.91. The highest BCUT2D eigenvalue weighted by atomic mass is 32.2. The molecule has 0 bridgehead atoms. The van der Waals surface area contributed by atoms with Crippen molar-refractivity contribution in [2.24, 2.45) is 0 Å². The Balaban J connectivity index is 2.04. The smallest absolute Gasteiger partial charge is 0.219 e. The SMILES string of the molecule is CC(C)(C)[S+]([O-])c1ccccc1-c1ccc(-c2cnc(N)nc2)c(F)c1. The zero-order chi connectivity index (χ0) is 18.9. The van der Waals surface area contributed by atoms with E-state index in [4.69, 9.17) is 5.73 Å². The average Bonchev–Trinajstić information content (AvgIpc) is 2.61. The van der Waals surface area contributed by atoms with Crippen molar-refractivity contribution < 1.29 is 8.94 Å². The molecule has 6 heteroatoms. The minimum atomic E-state index is -1.22. The fraction of sp³-hybridized carbons (Fsp3) is 0.200. The van der Waals surface area contributed by atoms with Gasteiger partial charge in [0.15, 0.2) is 4.90 Å². The van der Waals surface area contributed by atoms with Gasteiger partial charge in [0.1, 0.15) is 10.6 Å². The monoisotopic (exact) mass is 369 g/mol. The van der Waals surface area contributed by atoms with Crippen LogP contribution in [0.15, 0.2) is 59.8 Å². The maximum absolute atomic E-state index is 14.7. The lowest BCUT2D eigenvalue weighted by Gasteiger charge is -2.25. The second kappa shape index (κ2) is 7.05. The summed E-state index contributed by atoms with van der Waals surface area (Å²) in [4.78, 5) is 8.50. The van der Waals surface area contributed by atoms with Crippen molar-refractivity contribution in [1.82, 2.24) is 9.97 Å². The summed E-state index contributed by atoms with van der Waals surface area (Å²) in [5.41, 5.74) is 7.86. The average molecular weight is 369 g/mol. The molecule has 0 aliphatic carbocycles. The van der Waals surface area contributed by atoms with E-state index < -0.39 is 21.7 Å². The Morgan fingerprint density at radius 1 is 0.962 bits per heavy atom. The molecule has 0 saturated heterocycles. The fourth-order valence-corrected chi connectivity index (χ4v) is 3.84. The lowest BCUT2D eigenvalue weighted by atomic mass is 10.0. The number of hydrogen-bond donors (Lipinski definition) is 1. The lowest BCUT2D eigenvalue weighted by molar-refractivity contribution is 0.560. The summed E-state index contributed by atoms with van der Waals surface area (Å²) in [7, 11) is 0. The van der Waals surface area contributed by atoms with E-state index in [1.807, 2.05) is 51.1 Å². The van der Waals surface area contributed by atoms with Crippen molar-refractivity contribution in [2.45, 2.75) is 30.4 Å². The van der Waals surface area contributed by atoms with Crippen molar-refractivity contribution in [3.8, 4) is 22.3 Å². The number of nitrogens with zero attached hydrogens (tertiary/aromatic N) is 2. The summed E-state index contributed by atoms with van der Waals surface area (Å²) in [6, 6.07) is 12.3. The van der Waals surface area contributed by atoms with Gasteiger partial charge in [0.2, 0.25) is 5.95 Å². The summed E-state index contributed by atoms with van der Waals surface area (Å²) in [6.07, 6.45) is 2.98. The number of hydrogen-bond acceptors (Lipinski definition) is 4. The quantitative estimate of drug-likeness (QED) is 0.693. The summed E-state index contributed by atoms with van der Waals surface area (Å²) < 4.78 is 27.2. The molecule has 2 aromatic carbocycles. The molecule has 0 spiro atoms. The van der Waals surface area contributed by atoms with Crippen LogP contribution >= 0.6 is 0 Å². The normalized spacial score (nSPS) is 12.8. The Morgan fingerprint density at radius 3 is 2.23 bits per heavy atom. The van der Waals surface area contributed by atoms with Crippen LogP contribution in [0.1, 0.15) is 20.8 Å². The van der Waals surface area contributed by atoms with Crippen LogP contribution in [0.5, 0.6) is 0 Å². The Kier molecular flexibility index (Phi) is 4.98. The minimum Gasteiger partial charge on any atom is -0.611 e. The van der Waals surface area contributed by atoms with Gasteiger partial charge >= 0.3 is 0 Å². The largest absolute Gasteiger partial charge is 0.611 e. The molecule has 1 aromatic heterocycles. The second-order valence-electron chi connectivity index (χ2n) is 6.90. The van der Waals surface area contributed by atoms with Crippen molar-refractivity contribution in [3.63, 3.8) is 0 Å². The van der Waals surface area contributed by atoms with Gasteiger partial charge in [-0.1, -0.05) is 24.3 Å². The third-order valence-corrected chi connectivity index (χ3v) is 5.77. The van der Waals surface area contributed by atoms with Crippen LogP contribution in [-0.2, 0) is 11.2 Å². The number of benzene rings is 2. The first kappa shape index (κ1) is 18.4. The Labute approximate surface area is 155 Å². The first-order valence-electron chi connectivity index (χ1n) is 8.16. The molecular weight excluding hydrogens is 349 g/mol. The van der Waals surface area contributed by atoms with Crippen LogP contribution in [0.25, 0.3) is 22.3 Å². The van der Waals surface area contributed by atoms with E-state index >= 15 is 0 Å². The summed E-state index contributed by atoms with van der Waals surface area (Å²) >= 11 is -1.22. The molecule has 1 unspecified atom stereocenters. The number of aromatic nitrogens is 2. The third kappa shape index (κ3) is 3.71. The van der Waals surface area contributed by atoms with Crippen molar-refractivity contribution in [2.75, 3.05) is 5.73 Å². The molecule has 3 rings (SSSR count). The van der Waals surface area contributed by atoms with E-state index in [1.54, 1.807) is 6.07 Å². The number of rotatable bonds is 3. The Bertz CT molecular complexity index is 923. The molecule has 0 saturated carbocycles. The molecule has 26 heavy (non-hydrogen) atoms. The van der Waals surface area contributed by atoms with Gasteiger partial charge in [-0.05, 0) is 55.7 Å². The van der Waals surface area contributed by atoms with Crippen LogP contribution in [-0.4, -0.2) is 19.3 Å². The molecular formula is C20H20FN3OS. The zero-order valence-corrected chi connectivity index (χ0v) is 15.7. The summed E-state index contributed by atoms with van der Waals surface area (Å²) in [6.45, 7) is 5.76. The van der Waals surface area contributed by atoms with Gasteiger partial charge in [0.25, 0.3) is 0 Å². The molecule has 4 nitrogen and oxygen atoms in total. The van der Waals surface area contributed by atoms with Crippen LogP contribution in [0, 0.1) is 5.82 Å². The van der Waals surface area contributed by atoms with Gasteiger partial charge in [-0.3, -0.25) is 0 Å². The number of halogens is 1. The number of nitrogen functional groups attached to an aromatic ring is 1. The maximum atomic E-state index is 14.7. The lowest BCUT2D eigenvalue weighted by Crippen LogP contribution is -2.28. The molecule has 0 fully saturated rings. The van der Waals surface area contributed by atoms with E-state index in [2.05, 4.69) is 9.97 Å². The number of nitrogens with two attached hydrogens (primary N) is 1. The predicted molar refractivity (Wildman–Crippen MR) is 103 cm³/mol. The van der Waals surface area contributed by atoms with Gasteiger partial charge < -0.3 is 10.3 Å². The highest BCUT2D eigenvalue weighted by Gasteiger charge is 2.30. The highest BCUT2D eigenvalue weighted by molar-refractivity contribution is 7.92. The van der Waals surface area contributed by atoms with Crippen molar-refractivity contribution >= 4 is 17.1 Å². The van der Waals surface area contributed by atoms with E-state index in [9.17, 15) is 8.94 Å². The first-order chi connectivity index (χ1) is 12.3. The maximum Gasteiger partial charge on any atom is 0.219 e. The molecule has 3 aromatic rings. The molecule has 0 amide bonds. The van der Waals surface area contributed by atoms with E-state index in [1.165, 1.54) is 18.5 Å². The predicted octanol–water partition coefficient (Wildman–Crippen LogP) is 4.44. The fourth-order valence-electron chi connectivity index (χ4n) is 2.59. The van der Waals surface area contributed by atoms with Crippen LogP contribution in [0.4, 0.5) is 10.3 Å². The highest BCUT2D eigenvalue weighted by Crippen LogP contribution is 2.35. The molecule has 1 heterocycles. The topological polar surface area (TPSA) is 74.9 Å². The van der Waals surface area contributed by atoms with Crippen LogP contribution < -0.4 is 5.73 Å². The van der Waals surface area contributed by atoms with Gasteiger partial charge in [-0.25, -0.2) is 14.4 Å². The van der Waals surface area contributed by atoms with Gasteiger partial charge in [-0.15, -0.1) is 0 Å². The molecule has 0 radical (unpaired) electrons. The first-order valence-corrected chi connectivity index (χ1v) is 9.31. The second-order valence-corrected chi connectivity index (χ2v) is 9.10. The van der Waals surface area contributed by atoms with E-state index in [0.717, 1.165) is 5.56 Å². The van der Waals surface area contributed by atoms with E-state index in [0.29, 0.717) is 21.6 Å². The Morgan fingerprint density at radius 2 is 1.62 bits per heavy atom. The summed E-state index contributed by atoms with van der Waals surface area (Å²) in [5, 5.41) is 0. The molecule has 1 atom stereocenters. The molecule has 2 N–H and O–H groups in total. The standard InChI is InChI=1S/C20H20FN3OS/c1-20(2,3)26(25)18-7-5-4-6-16(18)13-8-9-15(17(21)10-13)14-11-23-19(22)24-12-14/h4-12H,1-3H3,(H2,22,23,24). The van der Waals surface area contributed by atoms with E-state index in [-0.39, 0.29) is 5.95 Å². The minimum absolute atomic E-state index is 0.143. The van der Waals surface area contributed by atoms with Crippen LogP contribution in [0.3, 0.4) is 0 Å². The molecule has 134 valence electrons. The van der Waals surface area contributed by atoms with Gasteiger partial charge in [-0.2, -0.15) is 0 Å². The van der Waals surface area contributed by atoms with Crippen LogP contribution in [0.2, 0.25) is 0 Å². The van der Waals surface area contributed by atoms with Gasteiger partial charge in [0, 0.05) is 29.1 Å². The molecule has 0 aliphatic heterocycles.